The second-order valence-corrected chi connectivity index (χ2v) is 9.56. The maximum Gasteiger partial charge on any atom is 0.348 e. The smallest absolute Gasteiger partial charge is 0.348 e. The van der Waals surface area contributed by atoms with Gasteiger partial charge in [0.05, 0.1) is 32.5 Å². The average Bonchev–Trinajstić information content (AvgIpc) is 3.31. The molecule has 1 saturated heterocycles. The molecule has 0 saturated carbocycles. The number of carbonyl (C=O) groups excluding carboxylic acids is 2. The van der Waals surface area contributed by atoms with Crippen LogP contribution in [0.1, 0.15) is 78.1 Å². The molecule has 1 aliphatic heterocycles. The van der Waals surface area contributed by atoms with E-state index in [2.05, 4.69) is 19.1 Å². The number of rotatable bonds is 12. The normalized spacial score (nSPS) is 17.2. The van der Waals surface area contributed by atoms with Gasteiger partial charge in [-0.25, -0.2) is 4.79 Å². The first-order chi connectivity index (χ1) is 16.1. The van der Waals surface area contributed by atoms with Crippen LogP contribution in [-0.2, 0) is 25.6 Å². The lowest BCUT2D eigenvalue weighted by atomic mass is 9.99. The number of piperidine rings is 1. The minimum absolute atomic E-state index is 0.0000778. The van der Waals surface area contributed by atoms with Crippen molar-refractivity contribution in [3.63, 3.8) is 0 Å². The van der Waals surface area contributed by atoms with E-state index in [1.54, 1.807) is 13.2 Å². The Labute approximate surface area is 200 Å². The van der Waals surface area contributed by atoms with Gasteiger partial charge in [0.2, 0.25) is 5.91 Å². The van der Waals surface area contributed by atoms with Crippen molar-refractivity contribution in [3.8, 4) is 0 Å². The standard InChI is InChI=1S/C26H35NO5S/c1-4-5-6-9-23(30-2)19-11-13-20(14-12-19)27-21(8-7-10-25(27)28)17-32-18-22-15-16-24(33-22)26(29)31-3/h11-16,21,23H,4-10,17-18H2,1-3H3/t21-,23?/m1/s1. The second kappa shape index (κ2) is 12.9. The third-order valence-corrected chi connectivity index (χ3v) is 7.10. The minimum Gasteiger partial charge on any atom is -0.465 e. The van der Waals surface area contributed by atoms with Crippen LogP contribution in [0.25, 0.3) is 0 Å². The van der Waals surface area contributed by atoms with Gasteiger partial charge >= 0.3 is 5.97 Å². The molecule has 33 heavy (non-hydrogen) atoms. The molecule has 0 aliphatic carbocycles. The summed E-state index contributed by atoms with van der Waals surface area (Å²) in [5.74, 6) is -0.197. The Balaban J connectivity index is 1.61. The summed E-state index contributed by atoms with van der Waals surface area (Å²) in [6, 6.07) is 11.8. The summed E-state index contributed by atoms with van der Waals surface area (Å²) < 4.78 is 16.4. The van der Waals surface area contributed by atoms with Gasteiger partial charge in [-0.05, 0) is 49.1 Å². The topological polar surface area (TPSA) is 65.1 Å². The Kier molecular flexibility index (Phi) is 9.91. The first-order valence-electron chi connectivity index (χ1n) is 11.8. The summed E-state index contributed by atoms with van der Waals surface area (Å²) in [4.78, 5) is 27.8. The summed E-state index contributed by atoms with van der Waals surface area (Å²) in [6.45, 7) is 3.06. The van der Waals surface area contributed by atoms with Gasteiger partial charge < -0.3 is 19.1 Å². The monoisotopic (exact) mass is 473 g/mol. The molecule has 1 fully saturated rings. The first-order valence-corrected chi connectivity index (χ1v) is 12.6. The molecule has 1 amide bonds. The van der Waals surface area contributed by atoms with Crippen LogP contribution in [-0.4, -0.2) is 38.7 Å². The Morgan fingerprint density at radius 3 is 2.64 bits per heavy atom. The van der Waals surface area contributed by atoms with Crippen LogP contribution in [0.5, 0.6) is 0 Å². The zero-order chi connectivity index (χ0) is 23.6. The molecule has 0 spiro atoms. The molecular formula is C26H35NO5S. The molecule has 7 heteroatoms. The quantitative estimate of drug-likeness (QED) is 0.283. The summed E-state index contributed by atoms with van der Waals surface area (Å²) in [7, 11) is 3.13. The van der Waals surface area contributed by atoms with Crippen molar-refractivity contribution in [3.05, 3.63) is 51.7 Å². The van der Waals surface area contributed by atoms with Gasteiger partial charge in [-0.15, -0.1) is 11.3 Å². The zero-order valence-corrected chi connectivity index (χ0v) is 20.7. The number of amides is 1. The maximum absolute atomic E-state index is 12.8. The summed E-state index contributed by atoms with van der Waals surface area (Å²) >= 11 is 1.37. The molecule has 1 unspecified atom stereocenters. The molecule has 1 aromatic heterocycles. The zero-order valence-electron chi connectivity index (χ0n) is 19.9. The Hall–Kier alpha value is -2.22. The number of nitrogens with zero attached hydrogens (tertiary/aromatic N) is 1. The largest absolute Gasteiger partial charge is 0.465 e. The van der Waals surface area contributed by atoms with Crippen LogP contribution in [0.15, 0.2) is 36.4 Å². The van der Waals surface area contributed by atoms with Crippen molar-refractivity contribution in [2.45, 2.75) is 70.6 Å². The number of anilines is 1. The summed E-state index contributed by atoms with van der Waals surface area (Å²) in [5, 5.41) is 0. The highest BCUT2D eigenvalue weighted by atomic mass is 32.1. The van der Waals surface area contributed by atoms with Crippen LogP contribution in [0.3, 0.4) is 0 Å². The van der Waals surface area contributed by atoms with E-state index in [1.807, 2.05) is 23.1 Å². The van der Waals surface area contributed by atoms with Gasteiger partial charge in [0, 0.05) is 24.1 Å². The molecule has 0 bridgehead atoms. The van der Waals surface area contributed by atoms with Crippen LogP contribution < -0.4 is 4.90 Å². The molecule has 2 atom stereocenters. The Morgan fingerprint density at radius 2 is 1.94 bits per heavy atom. The SMILES string of the molecule is CCCCCC(OC)c1ccc(N2C(=O)CCC[C@@H]2COCc2ccc(C(=O)OC)s2)cc1. The van der Waals surface area contributed by atoms with E-state index in [-0.39, 0.29) is 24.0 Å². The molecule has 0 N–H and O–H groups in total. The first kappa shape index (κ1) is 25.4. The predicted molar refractivity (Wildman–Crippen MR) is 131 cm³/mol. The van der Waals surface area contributed by atoms with Gasteiger partial charge in [0.15, 0.2) is 0 Å². The van der Waals surface area contributed by atoms with E-state index < -0.39 is 0 Å². The molecule has 1 aliphatic rings. The molecule has 2 aromatic rings. The van der Waals surface area contributed by atoms with E-state index in [9.17, 15) is 9.59 Å². The fourth-order valence-electron chi connectivity index (χ4n) is 4.27. The van der Waals surface area contributed by atoms with Gasteiger partial charge in [-0.1, -0.05) is 38.3 Å². The number of unbranched alkanes of at least 4 members (excludes halogenated alkanes) is 2. The molecule has 1 aromatic carbocycles. The van der Waals surface area contributed by atoms with Crippen molar-refractivity contribution >= 4 is 28.9 Å². The van der Waals surface area contributed by atoms with E-state index in [0.29, 0.717) is 24.5 Å². The highest BCUT2D eigenvalue weighted by Gasteiger charge is 2.29. The summed E-state index contributed by atoms with van der Waals surface area (Å²) in [5.41, 5.74) is 2.05. The molecule has 2 heterocycles. The van der Waals surface area contributed by atoms with Crippen LogP contribution in [0.4, 0.5) is 5.69 Å². The van der Waals surface area contributed by atoms with Crippen molar-refractivity contribution < 1.29 is 23.8 Å². The fraction of sp³-hybridized carbons (Fsp3) is 0.538. The number of hydrogen-bond donors (Lipinski definition) is 0. The van der Waals surface area contributed by atoms with Gasteiger partial charge in [-0.2, -0.15) is 0 Å². The number of esters is 1. The van der Waals surface area contributed by atoms with Crippen molar-refractivity contribution in [2.75, 3.05) is 25.7 Å². The lowest BCUT2D eigenvalue weighted by Gasteiger charge is -2.35. The minimum atomic E-state index is -0.333. The lowest BCUT2D eigenvalue weighted by molar-refractivity contribution is -0.120. The van der Waals surface area contributed by atoms with E-state index in [0.717, 1.165) is 41.8 Å². The maximum atomic E-state index is 12.8. The average molecular weight is 474 g/mol. The fourth-order valence-corrected chi connectivity index (χ4v) is 5.13. The number of methoxy groups -OCH3 is 2. The van der Waals surface area contributed by atoms with E-state index in [4.69, 9.17) is 14.2 Å². The third kappa shape index (κ3) is 6.88. The van der Waals surface area contributed by atoms with Crippen LogP contribution >= 0.6 is 11.3 Å². The van der Waals surface area contributed by atoms with E-state index >= 15 is 0 Å². The molecule has 3 rings (SSSR count). The number of carbonyl (C=O) groups is 2. The van der Waals surface area contributed by atoms with Gasteiger partial charge in [0.1, 0.15) is 4.88 Å². The number of ether oxygens (including phenoxy) is 3. The third-order valence-electron chi connectivity index (χ3n) is 6.06. The molecule has 6 nitrogen and oxygen atoms in total. The highest BCUT2D eigenvalue weighted by Crippen LogP contribution is 2.30. The van der Waals surface area contributed by atoms with Gasteiger partial charge in [-0.3, -0.25) is 4.79 Å². The van der Waals surface area contributed by atoms with Crippen LogP contribution in [0.2, 0.25) is 0 Å². The van der Waals surface area contributed by atoms with E-state index in [1.165, 1.54) is 31.3 Å². The van der Waals surface area contributed by atoms with Crippen molar-refractivity contribution in [1.29, 1.82) is 0 Å². The highest BCUT2D eigenvalue weighted by molar-refractivity contribution is 7.13. The van der Waals surface area contributed by atoms with Crippen molar-refractivity contribution in [2.24, 2.45) is 0 Å². The second-order valence-electron chi connectivity index (χ2n) is 8.39. The number of benzene rings is 1. The molecule has 180 valence electrons. The number of thiophene rings is 1. The lowest BCUT2D eigenvalue weighted by Crippen LogP contribution is -2.46. The molecular weight excluding hydrogens is 438 g/mol. The Morgan fingerprint density at radius 1 is 1.15 bits per heavy atom. The van der Waals surface area contributed by atoms with Crippen LogP contribution in [0, 0.1) is 0 Å². The van der Waals surface area contributed by atoms with Crippen molar-refractivity contribution in [1.82, 2.24) is 0 Å². The predicted octanol–water partition coefficient (Wildman–Crippen LogP) is 5.90. The van der Waals surface area contributed by atoms with Gasteiger partial charge in [0.25, 0.3) is 0 Å². The Bertz CT molecular complexity index is 894. The molecule has 0 radical (unpaired) electrons. The number of hydrogen-bond acceptors (Lipinski definition) is 6. The summed E-state index contributed by atoms with van der Waals surface area (Å²) in [6.07, 6.45) is 6.96.